The number of nitrogens with one attached hydrogen (secondary N) is 1. The molecule has 50 valence electrons. The smallest absolute Gasteiger partial charge is 0.107 e. The predicted molar refractivity (Wildman–Crippen MR) is 36.1 cm³/mol. The molecule has 0 aromatic carbocycles. The molecule has 0 aromatic rings. The quantitative estimate of drug-likeness (QED) is 0.524. The van der Waals surface area contributed by atoms with Gasteiger partial charge in [-0.1, -0.05) is 5.92 Å². The van der Waals surface area contributed by atoms with Crippen molar-refractivity contribution in [2.75, 3.05) is 19.7 Å². The Hall–Kier alpha value is -0.520. The Kier molecular flexibility index (Phi) is 2.56. The van der Waals surface area contributed by atoms with Gasteiger partial charge in [0.25, 0.3) is 0 Å². The molecule has 2 heteroatoms. The Morgan fingerprint density at radius 2 is 2.67 bits per heavy atom. The Morgan fingerprint density at radius 3 is 3.22 bits per heavy atom. The zero-order chi connectivity index (χ0) is 6.53. The van der Waals surface area contributed by atoms with Gasteiger partial charge in [-0.25, -0.2) is 0 Å². The Balaban J connectivity index is 2.06. The summed E-state index contributed by atoms with van der Waals surface area (Å²) in [6.45, 7) is 2.48. The fourth-order valence-electron chi connectivity index (χ4n) is 0.936. The van der Waals surface area contributed by atoms with Crippen molar-refractivity contribution >= 4 is 0 Å². The van der Waals surface area contributed by atoms with Crippen molar-refractivity contribution in [1.82, 2.24) is 5.32 Å². The molecule has 0 unspecified atom stereocenters. The van der Waals surface area contributed by atoms with Crippen LogP contribution >= 0.6 is 0 Å². The van der Waals surface area contributed by atoms with Crippen LogP contribution in [0.1, 0.15) is 6.42 Å². The molecule has 0 spiro atoms. The van der Waals surface area contributed by atoms with Gasteiger partial charge in [0.2, 0.25) is 0 Å². The zero-order valence-corrected chi connectivity index (χ0v) is 5.39. The zero-order valence-electron chi connectivity index (χ0n) is 5.39. The van der Waals surface area contributed by atoms with Gasteiger partial charge in [0, 0.05) is 6.54 Å². The van der Waals surface area contributed by atoms with E-state index in [4.69, 9.17) is 11.2 Å². The molecule has 1 saturated heterocycles. The van der Waals surface area contributed by atoms with E-state index < -0.39 is 0 Å². The molecule has 0 saturated carbocycles. The van der Waals surface area contributed by atoms with Gasteiger partial charge in [0.1, 0.15) is 6.61 Å². The minimum Gasteiger partial charge on any atom is -0.364 e. The van der Waals surface area contributed by atoms with Gasteiger partial charge in [-0.3, -0.25) is 0 Å². The average molecular weight is 125 g/mol. The summed E-state index contributed by atoms with van der Waals surface area (Å²) < 4.78 is 5.25. The lowest BCUT2D eigenvalue weighted by Gasteiger charge is -2.05. The first kappa shape index (κ1) is 6.60. The lowest BCUT2D eigenvalue weighted by molar-refractivity contribution is 0.0934. The maximum Gasteiger partial charge on any atom is 0.107 e. The number of rotatable bonds is 2. The summed E-state index contributed by atoms with van der Waals surface area (Å²) in [5, 5.41) is 3.19. The highest BCUT2D eigenvalue weighted by atomic mass is 16.5. The second-order valence-electron chi connectivity index (χ2n) is 2.13. The summed E-state index contributed by atoms with van der Waals surface area (Å²) in [7, 11) is 0. The molecule has 0 radical (unpaired) electrons. The molecule has 0 aliphatic carbocycles. The third-order valence-electron chi connectivity index (χ3n) is 1.42. The van der Waals surface area contributed by atoms with E-state index in [0.717, 1.165) is 19.5 Å². The van der Waals surface area contributed by atoms with E-state index in [1.165, 1.54) is 0 Å². The molecule has 0 amide bonds. The van der Waals surface area contributed by atoms with Crippen molar-refractivity contribution in [3.63, 3.8) is 0 Å². The van der Waals surface area contributed by atoms with E-state index >= 15 is 0 Å². The molecule has 1 aliphatic rings. The van der Waals surface area contributed by atoms with Crippen LogP contribution in [0.25, 0.3) is 0 Å². The molecular formula is C7H11NO. The third-order valence-corrected chi connectivity index (χ3v) is 1.42. The standard InChI is InChI=1S/C7H11NO/c1-2-5-9-7-3-4-8-6-7/h1,7-8H,3-6H2/t7-/m1/s1. The highest BCUT2D eigenvalue weighted by Crippen LogP contribution is 2.01. The number of terminal acetylenes is 1. The van der Waals surface area contributed by atoms with Crippen LogP contribution in [0.2, 0.25) is 0 Å². The Morgan fingerprint density at radius 1 is 1.78 bits per heavy atom. The molecule has 9 heavy (non-hydrogen) atoms. The van der Waals surface area contributed by atoms with E-state index in [1.54, 1.807) is 0 Å². The minimum atomic E-state index is 0.362. The van der Waals surface area contributed by atoms with Gasteiger partial charge in [-0.2, -0.15) is 0 Å². The highest BCUT2D eigenvalue weighted by Gasteiger charge is 2.13. The second kappa shape index (κ2) is 3.49. The number of hydrogen-bond acceptors (Lipinski definition) is 2. The largest absolute Gasteiger partial charge is 0.364 e. The minimum absolute atomic E-state index is 0.362. The van der Waals surface area contributed by atoms with Crippen LogP contribution in [-0.2, 0) is 4.74 Å². The van der Waals surface area contributed by atoms with Gasteiger partial charge in [-0.15, -0.1) is 6.42 Å². The summed E-state index contributed by atoms with van der Waals surface area (Å²) in [6, 6.07) is 0. The molecule has 1 rings (SSSR count). The summed E-state index contributed by atoms with van der Waals surface area (Å²) in [4.78, 5) is 0. The van der Waals surface area contributed by atoms with Crippen LogP contribution in [0.4, 0.5) is 0 Å². The molecule has 0 bridgehead atoms. The van der Waals surface area contributed by atoms with Gasteiger partial charge < -0.3 is 10.1 Å². The van der Waals surface area contributed by atoms with Gasteiger partial charge in [-0.05, 0) is 13.0 Å². The summed E-state index contributed by atoms with van der Waals surface area (Å²) in [6.07, 6.45) is 6.47. The fraction of sp³-hybridized carbons (Fsp3) is 0.714. The van der Waals surface area contributed by atoms with E-state index in [2.05, 4.69) is 11.2 Å². The van der Waals surface area contributed by atoms with Crippen LogP contribution < -0.4 is 5.32 Å². The summed E-state index contributed by atoms with van der Waals surface area (Å²) in [5.74, 6) is 2.44. The SMILES string of the molecule is C#CCO[C@@H]1CCNC1. The normalized spacial score (nSPS) is 25.9. The van der Waals surface area contributed by atoms with Crippen molar-refractivity contribution in [2.24, 2.45) is 0 Å². The van der Waals surface area contributed by atoms with E-state index in [-0.39, 0.29) is 0 Å². The topological polar surface area (TPSA) is 21.3 Å². The first-order valence-electron chi connectivity index (χ1n) is 3.19. The monoisotopic (exact) mass is 125 g/mol. The number of hydrogen-bond donors (Lipinski definition) is 1. The molecule has 0 aromatic heterocycles. The van der Waals surface area contributed by atoms with Crippen molar-refractivity contribution in [1.29, 1.82) is 0 Å². The van der Waals surface area contributed by atoms with Gasteiger partial charge in [0.05, 0.1) is 6.10 Å². The van der Waals surface area contributed by atoms with E-state index in [9.17, 15) is 0 Å². The second-order valence-corrected chi connectivity index (χ2v) is 2.13. The van der Waals surface area contributed by atoms with Crippen LogP contribution in [0.15, 0.2) is 0 Å². The van der Waals surface area contributed by atoms with Crippen LogP contribution in [0.5, 0.6) is 0 Å². The molecule has 1 atom stereocenters. The molecule has 1 N–H and O–H groups in total. The van der Waals surface area contributed by atoms with E-state index in [0.29, 0.717) is 12.7 Å². The molecular weight excluding hydrogens is 114 g/mol. The Bertz CT molecular complexity index is 111. The van der Waals surface area contributed by atoms with Crippen molar-refractivity contribution in [3.05, 3.63) is 0 Å². The first-order valence-corrected chi connectivity index (χ1v) is 3.19. The maximum atomic E-state index is 5.25. The van der Waals surface area contributed by atoms with Crippen LogP contribution in [-0.4, -0.2) is 25.8 Å². The summed E-state index contributed by atoms with van der Waals surface area (Å²) in [5.41, 5.74) is 0. The molecule has 1 fully saturated rings. The third kappa shape index (κ3) is 2.05. The first-order chi connectivity index (χ1) is 4.43. The molecule has 1 heterocycles. The van der Waals surface area contributed by atoms with Gasteiger partial charge >= 0.3 is 0 Å². The van der Waals surface area contributed by atoms with Crippen molar-refractivity contribution in [3.8, 4) is 12.3 Å². The average Bonchev–Trinajstić information content (AvgIpc) is 2.34. The van der Waals surface area contributed by atoms with Crippen molar-refractivity contribution < 1.29 is 4.74 Å². The van der Waals surface area contributed by atoms with Crippen LogP contribution in [0, 0.1) is 12.3 Å². The van der Waals surface area contributed by atoms with Crippen LogP contribution in [0.3, 0.4) is 0 Å². The lowest BCUT2D eigenvalue weighted by Crippen LogP contribution is -2.16. The molecule has 2 nitrogen and oxygen atoms in total. The summed E-state index contributed by atoms with van der Waals surface area (Å²) >= 11 is 0. The van der Waals surface area contributed by atoms with E-state index in [1.807, 2.05) is 0 Å². The van der Waals surface area contributed by atoms with Crippen molar-refractivity contribution in [2.45, 2.75) is 12.5 Å². The Labute approximate surface area is 55.6 Å². The highest BCUT2D eigenvalue weighted by molar-refractivity contribution is 4.84. The predicted octanol–water partition coefficient (Wildman–Crippen LogP) is -0.00190. The number of ether oxygens (including phenoxy) is 1. The lowest BCUT2D eigenvalue weighted by atomic mass is 10.3. The maximum absolute atomic E-state index is 5.25. The van der Waals surface area contributed by atoms with Gasteiger partial charge in [0.15, 0.2) is 0 Å². The molecule has 1 aliphatic heterocycles. The fourth-order valence-corrected chi connectivity index (χ4v) is 0.936.